The summed E-state index contributed by atoms with van der Waals surface area (Å²) in [6.07, 6.45) is 0.970. The summed E-state index contributed by atoms with van der Waals surface area (Å²) in [4.78, 5) is 14.4. The molecule has 1 aromatic carbocycles. The molecule has 1 aliphatic rings. The minimum absolute atomic E-state index is 0.0215. The standard InChI is InChI=1S/C17H26N2O/c1-12(11-18-5)16(20)19-9-8-13-10-14(17(2,3)4)6-7-15(13)19/h6-7,10,12,18H,8-9,11H2,1-5H3. The molecule has 1 amide bonds. The van der Waals surface area contributed by atoms with Gasteiger partial charge in [-0.05, 0) is 36.1 Å². The highest BCUT2D eigenvalue weighted by atomic mass is 16.2. The summed E-state index contributed by atoms with van der Waals surface area (Å²) in [6.45, 7) is 10.2. The third-order valence-electron chi connectivity index (χ3n) is 4.04. The lowest BCUT2D eigenvalue weighted by molar-refractivity contribution is -0.121. The molecule has 1 aliphatic heterocycles. The van der Waals surface area contributed by atoms with E-state index in [9.17, 15) is 4.79 Å². The van der Waals surface area contributed by atoms with E-state index in [0.29, 0.717) is 0 Å². The van der Waals surface area contributed by atoms with E-state index in [0.717, 1.165) is 25.2 Å². The van der Waals surface area contributed by atoms with E-state index in [1.807, 2.05) is 18.9 Å². The van der Waals surface area contributed by atoms with E-state index >= 15 is 0 Å². The maximum absolute atomic E-state index is 12.5. The van der Waals surface area contributed by atoms with Crippen LogP contribution in [-0.2, 0) is 16.6 Å². The van der Waals surface area contributed by atoms with Crippen LogP contribution in [-0.4, -0.2) is 26.0 Å². The predicted molar refractivity (Wildman–Crippen MR) is 84.3 cm³/mol. The number of anilines is 1. The molecule has 1 unspecified atom stereocenters. The second-order valence-electron chi connectivity index (χ2n) is 6.79. The van der Waals surface area contributed by atoms with Crippen molar-refractivity contribution in [1.82, 2.24) is 5.32 Å². The van der Waals surface area contributed by atoms with Crippen LogP contribution in [0.5, 0.6) is 0 Å². The van der Waals surface area contributed by atoms with Gasteiger partial charge in [0.25, 0.3) is 0 Å². The van der Waals surface area contributed by atoms with Crippen molar-refractivity contribution in [2.75, 3.05) is 25.0 Å². The lowest BCUT2D eigenvalue weighted by Crippen LogP contribution is -2.37. The number of nitrogens with one attached hydrogen (secondary N) is 1. The predicted octanol–water partition coefficient (Wildman–Crippen LogP) is 2.73. The van der Waals surface area contributed by atoms with Gasteiger partial charge in [0.2, 0.25) is 5.91 Å². The first kappa shape index (κ1) is 15.0. The minimum Gasteiger partial charge on any atom is -0.319 e. The number of hydrogen-bond donors (Lipinski definition) is 1. The minimum atomic E-state index is 0.0215. The van der Waals surface area contributed by atoms with Crippen molar-refractivity contribution < 1.29 is 4.79 Å². The molecule has 0 spiro atoms. The second-order valence-corrected chi connectivity index (χ2v) is 6.79. The molecule has 20 heavy (non-hydrogen) atoms. The zero-order valence-corrected chi connectivity index (χ0v) is 13.3. The quantitative estimate of drug-likeness (QED) is 0.919. The Morgan fingerprint density at radius 3 is 2.70 bits per heavy atom. The van der Waals surface area contributed by atoms with E-state index in [-0.39, 0.29) is 17.2 Å². The molecule has 1 heterocycles. The largest absolute Gasteiger partial charge is 0.319 e. The van der Waals surface area contributed by atoms with Crippen LogP contribution in [0.25, 0.3) is 0 Å². The molecule has 2 rings (SSSR count). The molecule has 3 heteroatoms. The molecule has 0 radical (unpaired) electrons. The lowest BCUT2D eigenvalue weighted by atomic mass is 9.86. The van der Waals surface area contributed by atoms with E-state index < -0.39 is 0 Å². The zero-order valence-electron chi connectivity index (χ0n) is 13.3. The first-order valence-corrected chi connectivity index (χ1v) is 7.44. The number of rotatable bonds is 3. The van der Waals surface area contributed by atoms with Gasteiger partial charge < -0.3 is 10.2 Å². The maximum Gasteiger partial charge on any atom is 0.231 e. The molecule has 0 aliphatic carbocycles. The summed E-state index contributed by atoms with van der Waals surface area (Å²) in [5.74, 6) is 0.245. The van der Waals surface area contributed by atoms with Crippen molar-refractivity contribution in [2.24, 2.45) is 5.92 Å². The highest BCUT2D eigenvalue weighted by molar-refractivity contribution is 5.97. The van der Waals surface area contributed by atoms with Crippen LogP contribution in [0.4, 0.5) is 5.69 Å². The van der Waals surface area contributed by atoms with Gasteiger partial charge >= 0.3 is 0 Å². The molecule has 110 valence electrons. The van der Waals surface area contributed by atoms with Gasteiger partial charge in [0, 0.05) is 24.7 Å². The average molecular weight is 274 g/mol. The Balaban J connectivity index is 2.24. The molecular formula is C17H26N2O. The van der Waals surface area contributed by atoms with Crippen molar-refractivity contribution in [3.05, 3.63) is 29.3 Å². The number of amides is 1. The summed E-state index contributed by atoms with van der Waals surface area (Å²) in [5.41, 5.74) is 3.91. The third-order valence-corrected chi connectivity index (χ3v) is 4.04. The van der Waals surface area contributed by atoms with Crippen molar-refractivity contribution in [2.45, 2.75) is 39.5 Å². The van der Waals surface area contributed by atoms with Crippen molar-refractivity contribution in [1.29, 1.82) is 0 Å². The fourth-order valence-corrected chi connectivity index (χ4v) is 2.76. The number of nitrogens with zero attached hydrogens (tertiary/aromatic N) is 1. The normalized spacial score (nSPS) is 16.1. The molecule has 3 nitrogen and oxygen atoms in total. The number of benzene rings is 1. The van der Waals surface area contributed by atoms with Gasteiger partial charge in [-0.15, -0.1) is 0 Å². The summed E-state index contributed by atoms with van der Waals surface area (Å²) < 4.78 is 0. The van der Waals surface area contributed by atoms with Crippen molar-refractivity contribution in [3.63, 3.8) is 0 Å². The Morgan fingerprint density at radius 2 is 2.10 bits per heavy atom. The van der Waals surface area contributed by atoms with Gasteiger partial charge in [-0.1, -0.05) is 39.8 Å². The average Bonchev–Trinajstić information content (AvgIpc) is 2.79. The molecular weight excluding hydrogens is 248 g/mol. The van der Waals surface area contributed by atoms with Gasteiger partial charge in [-0.25, -0.2) is 0 Å². The molecule has 0 bridgehead atoms. The number of hydrogen-bond acceptors (Lipinski definition) is 2. The number of carbonyl (C=O) groups excluding carboxylic acids is 1. The number of carbonyl (C=O) groups is 1. The van der Waals surface area contributed by atoms with Crippen LogP contribution in [0, 0.1) is 5.92 Å². The fraction of sp³-hybridized carbons (Fsp3) is 0.588. The molecule has 0 fully saturated rings. The molecule has 1 atom stereocenters. The summed E-state index contributed by atoms with van der Waals surface area (Å²) in [5, 5.41) is 3.08. The van der Waals surface area contributed by atoms with Crippen LogP contribution in [0.1, 0.15) is 38.8 Å². The van der Waals surface area contributed by atoms with Crippen LogP contribution in [0.15, 0.2) is 18.2 Å². The first-order valence-electron chi connectivity index (χ1n) is 7.44. The summed E-state index contributed by atoms with van der Waals surface area (Å²) >= 11 is 0. The summed E-state index contributed by atoms with van der Waals surface area (Å²) in [7, 11) is 1.89. The van der Waals surface area contributed by atoms with Crippen LogP contribution in [0.3, 0.4) is 0 Å². The van der Waals surface area contributed by atoms with Crippen molar-refractivity contribution >= 4 is 11.6 Å². The van der Waals surface area contributed by atoms with E-state index in [1.165, 1.54) is 11.1 Å². The Kier molecular flexibility index (Phi) is 4.19. The number of fused-ring (bicyclic) bond motifs is 1. The highest BCUT2D eigenvalue weighted by Crippen LogP contribution is 2.33. The van der Waals surface area contributed by atoms with E-state index in [2.05, 4.69) is 44.3 Å². The third kappa shape index (κ3) is 2.88. The molecule has 0 saturated carbocycles. The Morgan fingerprint density at radius 1 is 1.40 bits per heavy atom. The van der Waals surface area contributed by atoms with E-state index in [4.69, 9.17) is 0 Å². The van der Waals surface area contributed by atoms with Crippen LogP contribution >= 0.6 is 0 Å². The van der Waals surface area contributed by atoms with Crippen LogP contribution in [0.2, 0.25) is 0 Å². The monoisotopic (exact) mass is 274 g/mol. The Hall–Kier alpha value is -1.35. The Bertz CT molecular complexity index is 502. The van der Waals surface area contributed by atoms with Crippen molar-refractivity contribution in [3.8, 4) is 0 Å². The van der Waals surface area contributed by atoms with Crippen LogP contribution < -0.4 is 10.2 Å². The zero-order chi connectivity index (χ0) is 14.9. The lowest BCUT2D eigenvalue weighted by Gasteiger charge is -2.23. The molecule has 0 aromatic heterocycles. The Labute approximate surface area is 122 Å². The van der Waals surface area contributed by atoms with Gasteiger partial charge in [-0.3, -0.25) is 4.79 Å². The first-order chi connectivity index (χ1) is 9.34. The van der Waals surface area contributed by atoms with Gasteiger partial charge in [-0.2, -0.15) is 0 Å². The smallest absolute Gasteiger partial charge is 0.231 e. The van der Waals surface area contributed by atoms with Gasteiger partial charge in [0.15, 0.2) is 0 Å². The molecule has 1 N–H and O–H groups in total. The molecule has 0 saturated heterocycles. The van der Waals surface area contributed by atoms with Gasteiger partial charge in [0.05, 0.1) is 0 Å². The second kappa shape index (κ2) is 5.57. The van der Waals surface area contributed by atoms with E-state index in [1.54, 1.807) is 0 Å². The molecule has 1 aromatic rings. The summed E-state index contributed by atoms with van der Waals surface area (Å²) in [6, 6.07) is 6.55. The fourth-order valence-electron chi connectivity index (χ4n) is 2.76. The topological polar surface area (TPSA) is 32.3 Å². The SMILES string of the molecule is CNCC(C)C(=O)N1CCc2cc(C(C)(C)C)ccc21. The highest BCUT2D eigenvalue weighted by Gasteiger charge is 2.28. The van der Waals surface area contributed by atoms with Gasteiger partial charge in [0.1, 0.15) is 0 Å². The maximum atomic E-state index is 12.5.